The van der Waals surface area contributed by atoms with E-state index in [1.165, 1.54) is 25.7 Å². The zero-order chi connectivity index (χ0) is 15.7. The second kappa shape index (κ2) is 9.78. The molecule has 0 saturated carbocycles. The predicted octanol–water partition coefficient (Wildman–Crippen LogP) is 6.67. The summed E-state index contributed by atoms with van der Waals surface area (Å²) < 4.78 is 0. The molecule has 1 nitrogen and oxygen atoms in total. The van der Waals surface area contributed by atoms with Crippen molar-refractivity contribution in [2.45, 2.75) is 59.8 Å². The largest absolute Gasteiger partial charge is 0.253 e. The molecule has 0 aliphatic carbocycles. The monoisotopic (exact) mass is 305 g/mol. The Balaban J connectivity index is 0.000000240. The van der Waals surface area contributed by atoms with Crippen LogP contribution in [-0.4, -0.2) is 4.98 Å². The third kappa shape index (κ3) is 6.05. The molecule has 0 atom stereocenters. The molecule has 0 aliphatic rings. The molecular weight excluding hydrogens is 278 g/mol. The zero-order valence-electron chi connectivity index (χ0n) is 13.8. The standard InChI is InChI=1S/C11H10ClN.C8H18/c1-2-8-7-10(12)9-5-3-4-6-11(9)13-8;1-4-6-8(3)7-5-2/h3-7H,2H2,1H3;8H,4-7H2,1-3H3. The van der Waals surface area contributed by atoms with Gasteiger partial charge in [-0.15, -0.1) is 0 Å². The van der Waals surface area contributed by atoms with Crippen LogP contribution in [0.1, 0.15) is 59.1 Å². The molecule has 0 N–H and O–H groups in total. The molecule has 21 heavy (non-hydrogen) atoms. The number of aryl methyl sites for hydroxylation is 1. The molecule has 2 rings (SSSR count). The molecule has 0 aliphatic heterocycles. The summed E-state index contributed by atoms with van der Waals surface area (Å²) in [5.41, 5.74) is 2.02. The Hall–Kier alpha value is -1.08. The van der Waals surface area contributed by atoms with Crippen molar-refractivity contribution in [1.29, 1.82) is 0 Å². The summed E-state index contributed by atoms with van der Waals surface area (Å²) >= 11 is 6.10. The van der Waals surface area contributed by atoms with Gasteiger partial charge in [-0.25, -0.2) is 0 Å². The fourth-order valence-electron chi connectivity index (χ4n) is 2.50. The van der Waals surface area contributed by atoms with E-state index in [9.17, 15) is 0 Å². The Bertz CT molecular complexity index is 530. The summed E-state index contributed by atoms with van der Waals surface area (Å²) in [5.74, 6) is 0.963. The highest BCUT2D eigenvalue weighted by atomic mass is 35.5. The number of rotatable bonds is 5. The first-order valence-corrected chi connectivity index (χ1v) is 8.54. The fraction of sp³-hybridized carbons (Fsp3) is 0.526. The Labute approximate surface area is 134 Å². The molecule has 2 heteroatoms. The topological polar surface area (TPSA) is 12.9 Å². The molecule has 0 radical (unpaired) electrons. The molecule has 0 saturated heterocycles. The quantitative estimate of drug-likeness (QED) is 0.601. The van der Waals surface area contributed by atoms with Gasteiger partial charge in [0.2, 0.25) is 0 Å². The first-order valence-electron chi connectivity index (χ1n) is 8.16. The Morgan fingerprint density at radius 1 is 1.05 bits per heavy atom. The van der Waals surface area contributed by atoms with Crippen LogP contribution in [0.25, 0.3) is 10.9 Å². The van der Waals surface area contributed by atoms with Crippen LogP contribution < -0.4 is 0 Å². The van der Waals surface area contributed by atoms with Crippen LogP contribution >= 0.6 is 11.6 Å². The number of para-hydroxylation sites is 1. The van der Waals surface area contributed by atoms with E-state index in [1.54, 1.807) is 0 Å². The molecule has 0 spiro atoms. The van der Waals surface area contributed by atoms with Gasteiger partial charge in [-0.05, 0) is 24.5 Å². The number of fused-ring (bicyclic) bond motifs is 1. The second-order valence-corrected chi connectivity index (χ2v) is 6.06. The molecule has 1 aromatic carbocycles. The highest BCUT2D eigenvalue weighted by Gasteiger charge is 2.01. The van der Waals surface area contributed by atoms with Gasteiger partial charge in [0.05, 0.1) is 10.5 Å². The molecule has 1 heterocycles. The van der Waals surface area contributed by atoms with E-state index in [2.05, 4.69) is 32.7 Å². The average molecular weight is 306 g/mol. The van der Waals surface area contributed by atoms with Gasteiger partial charge < -0.3 is 0 Å². The van der Waals surface area contributed by atoms with E-state index in [0.717, 1.165) is 34.0 Å². The highest BCUT2D eigenvalue weighted by molar-refractivity contribution is 6.35. The Kier molecular flexibility index (Phi) is 8.37. The molecular formula is C19H28ClN. The number of hydrogen-bond donors (Lipinski definition) is 0. The summed E-state index contributed by atoms with van der Waals surface area (Å²) in [4.78, 5) is 4.47. The maximum atomic E-state index is 6.10. The maximum absolute atomic E-state index is 6.10. The van der Waals surface area contributed by atoms with Crippen molar-refractivity contribution in [1.82, 2.24) is 4.98 Å². The molecule has 2 aromatic rings. The molecule has 0 bridgehead atoms. The number of hydrogen-bond acceptors (Lipinski definition) is 1. The van der Waals surface area contributed by atoms with Crippen LogP contribution in [-0.2, 0) is 6.42 Å². The number of halogens is 1. The van der Waals surface area contributed by atoms with Crippen LogP contribution in [0.5, 0.6) is 0 Å². The lowest BCUT2D eigenvalue weighted by Crippen LogP contribution is -1.91. The normalized spacial score (nSPS) is 10.6. The lowest BCUT2D eigenvalue weighted by atomic mass is 10.0. The van der Waals surface area contributed by atoms with Crippen molar-refractivity contribution in [2.24, 2.45) is 5.92 Å². The van der Waals surface area contributed by atoms with Crippen LogP contribution in [0.4, 0.5) is 0 Å². The van der Waals surface area contributed by atoms with E-state index in [1.807, 2.05) is 30.3 Å². The van der Waals surface area contributed by atoms with Crippen molar-refractivity contribution in [3.05, 3.63) is 41.0 Å². The Morgan fingerprint density at radius 3 is 2.24 bits per heavy atom. The van der Waals surface area contributed by atoms with Crippen molar-refractivity contribution in [3.63, 3.8) is 0 Å². The number of aromatic nitrogens is 1. The number of benzene rings is 1. The highest BCUT2D eigenvalue weighted by Crippen LogP contribution is 2.22. The first-order chi connectivity index (χ1) is 10.1. The minimum absolute atomic E-state index is 0.794. The van der Waals surface area contributed by atoms with Gasteiger partial charge in [0.1, 0.15) is 0 Å². The van der Waals surface area contributed by atoms with Gasteiger partial charge in [-0.2, -0.15) is 0 Å². The minimum Gasteiger partial charge on any atom is -0.253 e. The van der Waals surface area contributed by atoms with Gasteiger partial charge >= 0.3 is 0 Å². The van der Waals surface area contributed by atoms with E-state index in [-0.39, 0.29) is 0 Å². The third-order valence-electron chi connectivity index (χ3n) is 3.64. The minimum atomic E-state index is 0.794. The van der Waals surface area contributed by atoms with Gasteiger partial charge in [0.15, 0.2) is 0 Å². The van der Waals surface area contributed by atoms with Crippen LogP contribution in [0.15, 0.2) is 30.3 Å². The molecule has 0 amide bonds. The van der Waals surface area contributed by atoms with Gasteiger partial charge in [-0.3, -0.25) is 4.98 Å². The summed E-state index contributed by atoms with van der Waals surface area (Å²) in [6.45, 7) is 8.93. The smallest absolute Gasteiger partial charge is 0.0720 e. The lowest BCUT2D eigenvalue weighted by molar-refractivity contribution is 0.480. The SMILES string of the molecule is CCCC(C)CCC.CCc1cc(Cl)c2ccccc2n1. The maximum Gasteiger partial charge on any atom is 0.0720 e. The number of nitrogens with zero attached hydrogens (tertiary/aromatic N) is 1. The van der Waals surface area contributed by atoms with Crippen LogP contribution in [0.3, 0.4) is 0 Å². The predicted molar refractivity (Wildman–Crippen MR) is 95.1 cm³/mol. The van der Waals surface area contributed by atoms with Crippen molar-refractivity contribution in [2.75, 3.05) is 0 Å². The van der Waals surface area contributed by atoms with E-state index in [0.29, 0.717) is 0 Å². The molecule has 0 fully saturated rings. The van der Waals surface area contributed by atoms with Crippen molar-refractivity contribution in [3.8, 4) is 0 Å². The summed E-state index contributed by atoms with van der Waals surface area (Å²) in [6.07, 6.45) is 6.44. The molecule has 116 valence electrons. The second-order valence-electron chi connectivity index (χ2n) is 5.65. The van der Waals surface area contributed by atoms with E-state index >= 15 is 0 Å². The van der Waals surface area contributed by atoms with Crippen molar-refractivity contribution < 1.29 is 0 Å². The van der Waals surface area contributed by atoms with Crippen LogP contribution in [0, 0.1) is 5.92 Å². The lowest BCUT2D eigenvalue weighted by Gasteiger charge is -2.05. The summed E-state index contributed by atoms with van der Waals surface area (Å²) in [7, 11) is 0. The molecule has 0 unspecified atom stereocenters. The fourth-order valence-corrected chi connectivity index (χ4v) is 2.78. The Morgan fingerprint density at radius 2 is 1.67 bits per heavy atom. The average Bonchev–Trinajstić information content (AvgIpc) is 2.48. The van der Waals surface area contributed by atoms with Gasteiger partial charge in [-0.1, -0.05) is 83.2 Å². The van der Waals surface area contributed by atoms with Gasteiger partial charge in [0, 0.05) is 11.1 Å². The van der Waals surface area contributed by atoms with Crippen LogP contribution in [0.2, 0.25) is 5.02 Å². The van der Waals surface area contributed by atoms with Crippen molar-refractivity contribution >= 4 is 22.5 Å². The van der Waals surface area contributed by atoms with Gasteiger partial charge in [0.25, 0.3) is 0 Å². The van der Waals surface area contributed by atoms with E-state index in [4.69, 9.17) is 11.6 Å². The molecule has 1 aromatic heterocycles. The zero-order valence-corrected chi connectivity index (χ0v) is 14.6. The first kappa shape index (κ1) is 18.0. The van der Waals surface area contributed by atoms with E-state index < -0.39 is 0 Å². The summed E-state index contributed by atoms with van der Waals surface area (Å²) in [6, 6.07) is 9.86. The third-order valence-corrected chi connectivity index (χ3v) is 3.96. The summed E-state index contributed by atoms with van der Waals surface area (Å²) in [5, 5.41) is 1.82. The number of pyridine rings is 1.